The van der Waals surface area contributed by atoms with Crippen LogP contribution in [0.2, 0.25) is 0 Å². The van der Waals surface area contributed by atoms with E-state index in [1.807, 2.05) is 30.3 Å². The number of hydrazine groups is 1. The van der Waals surface area contributed by atoms with Gasteiger partial charge in [0.1, 0.15) is 18.1 Å². The number of halogens is 2. The second-order valence-corrected chi connectivity index (χ2v) is 8.94. The third-order valence-electron chi connectivity index (χ3n) is 4.46. The first kappa shape index (κ1) is 25.9. The maximum atomic E-state index is 12.6. The summed E-state index contributed by atoms with van der Waals surface area (Å²) in [7, 11) is 1.56. The Labute approximate surface area is 218 Å². The number of carbonyl (C=O) groups is 2. The van der Waals surface area contributed by atoms with E-state index in [9.17, 15) is 9.59 Å². The molecule has 3 aromatic carbocycles. The van der Waals surface area contributed by atoms with Crippen LogP contribution < -0.4 is 25.6 Å². The molecule has 11 heteroatoms. The molecular formula is C23H21Br2N3O5S. The first-order valence-corrected chi connectivity index (χ1v) is 12.0. The molecule has 3 N–H and O–H groups in total. The number of amides is 2. The monoisotopic (exact) mass is 609 g/mol. The van der Waals surface area contributed by atoms with Crippen LogP contribution in [0.3, 0.4) is 0 Å². The summed E-state index contributed by atoms with van der Waals surface area (Å²) in [6.45, 7) is 0.398. The van der Waals surface area contributed by atoms with Crippen molar-refractivity contribution in [2.75, 3.05) is 26.9 Å². The maximum Gasteiger partial charge on any atom is 0.276 e. The zero-order valence-electron chi connectivity index (χ0n) is 18.0. The van der Waals surface area contributed by atoms with E-state index in [1.165, 1.54) is 0 Å². The Morgan fingerprint density at radius 1 is 0.941 bits per heavy atom. The fourth-order valence-corrected chi connectivity index (χ4v) is 3.99. The van der Waals surface area contributed by atoms with Gasteiger partial charge in [-0.15, -0.1) is 0 Å². The highest BCUT2D eigenvalue weighted by atomic mass is 79.9. The van der Waals surface area contributed by atoms with Crippen LogP contribution in [0.5, 0.6) is 11.5 Å². The molecule has 2 amide bonds. The van der Waals surface area contributed by atoms with Crippen molar-refractivity contribution in [3.05, 3.63) is 69.1 Å². The molecule has 3 rings (SSSR count). The number of carbonyl (C=O) groups excluding carboxylic acids is 2. The predicted octanol–water partition coefficient (Wildman–Crippen LogP) is 4.10. The molecule has 8 nitrogen and oxygen atoms in total. The molecule has 34 heavy (non-hydrogen) atoms. The summed E-state index contributed by atoms with van der Waals surface area (Å²) >= 11 is 12.0. The van der Waals surface area contributed by atoms with Gasteiger partial charge in [0.05, 0.1) is 16.6 Å². The number of fused-ring (bicyclic) bond motifs is 1. The molecule has 0 bridgehead atoms. The summed E-state index contributed by atoms with van der Waals surface area (Å²) in [6, 6.07) is 16.5. The van der Waals surface area contributed by atoms with Gasteiger partial charge in [0.2, 0.25) is 0 Å². The van der Waals surface area contributed by atoms with Crippen molar-refractivity contribution < 1.29 is 23.8 Å². The van der Waals surface area contributed by atoms with Crippen LogP contribution in [-0.4, -0.2) is 43.9 Å². The van der Waals surface area contributed by atoms with Crippen LogP contribution in [0.1, 0.15) is 10.4 Å². The lowest BCUT2D eigenvalue weighted by atomic mass is 10.1. The molecule has 0 aromatic heterocycles. The van der Waals surface area contributed by atoms with E-state index in [4.69, 9.17) is 26.4 Å². The molecule has 0 saturated heterocycles. The van der Waals surface area contributed by atoms with E-state index in [2.05, 4.69) is 48.0 Å². The third-order valence-corrected chi connectivity index (χ3v) is 5.98. The van der Waals surface area contributed by atoms with Crippen LogP contribution in [0.4, 0.5) is 0 Å². The Morgan fingerprint density at radius 2 is 1.71 bits per heavy atom. The lowest BCUT2D eigenvalue weighted by Gasteiger charge is -2.14. The Bertz CT molecular complexity index is 1210. The molecule has 0 unspecified atom stereocenters. The molecule has 3 aromatic rings. The highest BCUT2D eigenvalue weighted by Gasteiger charge is 2.15. The fraction of sp³-hybridized carbons (Fsp3) is 0.174. The highest BCUT2D eigenvalue weighted by Crippen LogP contribution is 2.33. The summed E-state index contributed by atoms with van der Waals surface area (Å²) in [6.07, 6.45) is 0. The van der Waals surface area contributed by atoms with Crippen LogP contribution in [0.15, 0.2) is 63.5 Å². The van der Waals surface area contributed by atoms with Crippen molar-refractivity contribution in [3.8, 4) is 11.5 Å². The van der Waals surface area contributed by atoms with Gasteiger partial charge in [0.25, 0.3) is 11.8 Å². The van der Waals surface area contributed by atoms with E-state index in [1.54, 1.807) is 31.4 Å². The van der Waals surface area contributed by atoms with Crippen LogP contribution in [0.25, 0.3) is 10.8 Å². The third kappa shape index (κ3) is 7.13. The van der Waals surface area contributed by atoms with Gasteiger partial charge in [-0.2, -0.15) is 0 Å². The average Bonchev–Trinajstić information content (AvgIpc) is 2.83. The zero-order valence-corrected chi connectivity index (χ0v) is 22.0. The lowest BCUT2D eigenvalue weighted by molar-refractivity contribution is -0.123. The Hall–Kier alpha value is -2.73. The number of hydrogen-bond donors (Lipinski definition) is 3. The van der Waals surface area contributed by atoms with Crippen molar-refractivity contribution in [3.63, 3.8) is 0 Å². The summed E-state index contributed by atoms with van der Waals surface area (Å²) in [5.41, 5.74) is 5.15. The van der Waals surface area contributed by atoms with Gasteiger partial charge < -0.3 is 14.2 Å². The minimum atomic E-state index is -0.503. The molecule has 0 aliphatic heterocycles. The van der Waals surface area contributed by atoms with Crippen molar-refractivity contribution in [1.29, 1.82) is 0 Å². The van der Waals surface area contributed by atoms with Crippen molar-refractivity contribution in [1.82, 2.24) is 16.2 Å². The SMILES string of the molecule is COCCOc1ccc(Br)cc1C(=O)NC(=S)NNC(=O)COc1ccc2ccccc2c1Br. The fourth-order valence-electron chi connectivity index (χ4n) is 2.87. The van der Waals surface area contributed by atoms with Gasteiger partial charge in [-0.25, -0.2) is 0 Å². The number of hydrogen-bond acceptors (Lipinski definition) is 6. The molecule has 0 spiro atoms. The number of ether oxygens (including phenoxy) is 3. The van der Waals surface area contributed by atoms with Gasteiger partial charge in [0, 0.05) is 11.6 Å². The van der Waals surface area contributed by atoms with E-state index in [0.717, 1.165) is 15.2 Å². The highest BCUT2D eigenvalue weighted by molar-refractivity contribution is 9.11. The first-order chi connectivity index (χ1) is 16.4. The topological polar surface area (TPSA) is 97.9 Å². The van der Waals surface area contributed by atoms with Crippen molar-refractivity contribution >= 4 is 71.8 Å². The van der Waals surface area contributed by atoms with Gasteiger partial charge in [-0.05, 0) is 63.2 Å². The largest absolute Gasteiger partial charge is 0.490 e. The molecule has 178 valence electrons. The van der Waals surface area contributed by atoms with E-state index >= 15 is 0 Å². The molecule has 0 aliphatic rings. The van der Waals surface area contributed by atoms with Gasteiger partial charge >= 0.3 is 0 Å². The number of benzene rings is 3. The van der Waals surface area contributed by atoms with Crippen LogP contribution in [0, 0.1) is 0 Å². The number of thiocarbonyl (C=S) groups is 1. The normalized spacial score (nSPS) is 10.4. The molecule has 0 atom stereocenters. The van der Waals surface area contributed by atoms with Crippen LogP contribution >= 0.6 is 44.1 Å². The minimum Gasteiger partial charge on any atom is -0.490 e. The standard InChI is InChI=1S/C23H21Br2N3O5S/c1-31-10-11-32-18-9-7-15(24)12-17(18)22(30)26-23(34)28-27-20(29)13-33-19-8-6-14-4-2-3-5-16(14)21(19)25/h2-9,12H,10-11,13H2,1H3,(H,27,29)(H2,26,28,30,34). The second-order valence-electron chi connectivity index (χ2n) is 6.83. The molecule has 0 aliphatic carbocycles. The summed E-state index contributed by atoms with van der Waals surface area (Å²) < 4.78 is 17.6. The lowest BCUT2D eigenvalue weighted by Crippen LogP contribution is -2.49. The maximum absolute atomic E-state index is 12.6. The summed E-state index contributed by atoms with van der Waals surface area (Å²) in [5, 5.41) is 4.43. The second kappa shape index (κ2) is 12.7. The molecule has 0 saturated carbocycles. The molecule has 0 radical (unpaired) electrons. The minimum absolute atomic E-state index is 0.0898. The predicted molar refractivity (Wildman–Crippen MR) is 140 cm³/mol. The number of rotatable bonds is 8. The van der Waals surface area contributed by atoms with E-state index in [-0.39, 0.29) is 23.9 Å². The van der Waals surface area contributed by atoms with Gasteiger partial charge in [-0.1, -0.05) is 46.3 Å². The smallest absolute Gasteiger partial charge is 0.276 e. The van der Waals surface area contributed by atoms with Gasteiger partial charge in [0.15, 0.2) is 11.7 Å². The zero-order chi connectivity index (χ0) is 24.5. The quantitative estimate of drug-likeness (QED) is 0.201. The Morgan fingerprint density at radius 3 is 2.50 bits per heavy atom. The van der Waals surface area contributed by atoms with Crippen molar-refractivity contribution in [2.45, 2.75) is 0 Å². The molecule has 0 heterocycles. The summed E-state index contributed by atoms with van der Waals surface area (Å²) in [4.78, 5) is 24.8. The Balaban J connectivity index is 1.50. The van der Waals surface area contributed by atoms with Gasteiger partial charge in [-0.3, -0.25) is 25.8 Å². The Kier molecular flexibility index (Phi) is 9.63. The van der Waals surface area contributed by atoms with Crippen LogP contribution in [-0.2, 0) is 9.53 Å². The van der Waals surface area contributed by atoms with E-state index in [0.29, 0.717) is 22.6 Å². The average molecular weight is 611 g/mol. The molecule has 0 fully saturated rings. The van der Waals surface area contributed by atoms with E-state index < -0.39 is 11.8 Å². The molecular weight excluding hydrogens is 590 g/mol. The summed E-state index contributed by atoms with van der Waals surface area (Å²) in [5.74, 6) is -0.0844. The first-order valence-electron chi connectivity index (χ1n) is 10.0. The van der Waals surface area contributed by atoms with Crippen molar-refractivity contribution in [2.24, 2.45) is 0 Å². The number of nitrogens with one attached hydrogen (secondary N) is 3. The number of methoxy groups -OCH3 is 1.